The number of carboxylic acid groups (broad SMARTS) is 1. The normalized spacial score (nSPS) is 17.9. The van der Waals surface area contributed by atoms with Crippen molar-refractivity contribution in [2.75, 3.05) is 5.32 Å². The molecule has 8 N–H and O–H groups in total. The fraction of sp³-hybridized carbons (Fsp3) is 0.250. The summed E-state index contributed by atoms with van der Waals surface area (Å²) in [5.41, 5.74) is 11.3. The number of hydrogen-bond acceptors (Lipinski definition) is 4. The largest absolute Gasteiger partial charge is 0.481 e. The molecule has 0 aliphatic carbocycles. The van der Waals surface area contributed by atoms with Crippen LogP contribution in [0, 0.1) is 5.41 Å². The Hall–Kier alpha value is -3.39. The van der Waals surface area contributed by atoms with Crippen molar-refractivity contribution in [2.45, 2.75) is 31.4 Å². The average Bonchev–Trinajstić information content (AvgIpc) is 2.67. The predicted molar refractivity (Wildman–Crippen MR) is 103 cm³/mol. The topological polar surface area (TPSA) is 153 Å². The molecule has 0 saturated heterocycles. The van der Waals surface area contributed by atoms with Gasteiger partial charge in [0.25, 0.3) is 5.91 Å². The van der Waals surface area contributed by atoms with Crippen molar-refractivity contribution in [3.8, 4) is 5.75 Å². The van der Waals surface area contributed by atoms with E-state index in [4.69, 9.17) is 21.0 Å². The number of nitrogens with one attached hydrogen (secondary N) is 2. The van der Waals surface area contributed by atoms with Gasteiger partial charge in [-0.25, -0.2) is 0 Å². The van der Waals surface area contributed by atoms with Gasteiger partial charge in [-0.2, -0.15) is 0 Å². The highest BCUT2D eigenvalue weighted by molar-refractivity contribution is 6.05. The summed E-state index contributed by atoms with van der Waals surface area (Å²) in [6.45, 7) is 0. The number of amides is 1. The number of aryl methyl sites for hydroxylation is 1. The number of hydrogen-bond donors (Lipinski definition) is 5. The molecule has 3 rings (SSSR count). The minimum atomic E-state index is -0.869. The summed E-state index contributed by atoms with van der Waals surface area (Å²) in [6, 6.07) is 11.9. The lowest BCUT2D eigenvalue weighted by Gasteiger charge is -2.32. The Balaban J connectivity index is 1.68. The van der Waals surface area contributed by atoms with Gasteiger partial charge in [-0.05, 0) is 42.3 Å². The number of rotatable bonds is 6. The highest BCUT2D eigenvalue weighted by Gasteiger charge is 2.36. The summed E-state index contributed by atoms with van der Waals surface area (Å²) >= 11 is 0. The maximum Gasteiger partial charge on any atom is 0.303 e. The van der Waals surface area contributed by atoms with Crippen molar-refractivity contribution in [1.29, 1.82) is 5.41 Å². The van der Waals surface area contributed by atoms with Crippen molar-refractivity contribution in [3.63, 3.8) is 0 Å². The van der Waals surface area contributed by atoms with Crippen LogP contribution in [-0.4, -0.2) is 28.5 Å². The zero-order valence-corrected chi connectivity index (χ0v) is 15.3. The van der Waals surface area contributed by atoms with Gasteiger partial charge in [0.15, 0.2) is 0 Å². The summed E-state index contributed by atoms with van der Waals surface area (Å²) in [5, 5.41) is 19.1. The monoisotopic (exact) mass is 383 g/mol. The van der Waals surface area contributed by atoms with Gasteiger partial charge in [0.2, 0.25) is 5.72 Å². The molecular weight excluding hydrogens is 360 g/mol. The van der Waals surface area contributed by atoms with E-state index in [0.717, 1.165) is 5.56 Å². The molecule has 8 heteroatoms. The molecule has 1 atom stereocenters. The van der Waals surface area contributed by atoms with Crippen molar-refractivity contribution >= 4 is 23.4 Å². The van der Waals surface area contributed by atoms with Gasteiger partial charge in [-0.1, -0.05) is 12.1 Å². The van der Waals surface area contributed by atoms with Crippen LogP contribution < -0.4 is 21.5 Å². The van der Waals surface area contributed by atoms with Crippen LogP contribution in [0.5, 0.6) is 5.75 Å². The summed E-state index contributed by atoms with van der Waals surface area (Å²) in [4.78, 5) is 23.2. The summed E-state index contributed by atoms with van der Waals surface area (Å²) in [7, 11) is 0. The number of nitrogens with two attached hydrogens (primary N) is 1. The third-order valence-electron chi connectivity index (χ3n) is 4.75. The van der Waals surface area contributed by atoms with E-state index in [1.54, 1.807) is 36.4 Å². The smallest absolute Gasteiger partial charge is 0.303 e. The Morgan fingerprint density at radius 3 is 2.54 bits per heavy atom. The van der Waals surface area contributed by atoms with E-state index in [1.807, 2.05) is 6.07 Å². The molecule has 0 aromatic heterocycles. The van der Waals surface area contributed by atoms with Gasteiger partial charge < -0.3 is 26.6 Å². The first-order valence-corrected chi connectivity index (χ1v) is 8.91. The Labute approximate surface area is 162 Å². The van der Waals surface area contributed by atoms with Gasteiger partial charge >= 0.3 is 5.97 Å². The number of quaternary nitrogens is 1. The first kappa shape index (κ1) is 19.4. The second kappa shape index (κ2) is 7.69. The standard InChI is InChI=1S/C20H22N4O4/c21-18(22)12-1-3-13(4-2-12)19(27)24-15-5-6-16-14(11-15)7-9-20(23,28-16)10-8-17(25)26/h1-6,11H,7-10,23H2,(H3,21,22)(H,24,27)(H,25,26)/p+1. The maximum atomic E-state index is 12.4. The number of amidine groups is 1. The number of carbonyl (C=O) groups is 2. The fourth-order valence-corrected chi connectivity index (χ4v) is 3.11. The molecule has 2 aromatic carbocycles. The molecule has 0 radical (unpaired) electrons. The highest BCUT2D eigenvalue weighted by atomic mass is 16.5. The lowest BCUT2D eigenvalue weighted by molar-refractivity contribution is -0.542. The second-order valence-corrected chi connectivity index (χ2v) is 6.95. The van der Waals surface area contributed by atoms with E-state index >= 15 is 0 Å². The molecule has 8 nitrogen and oxygen atoms in total. The van der Waals surface area contributed by atoms with Crippen molar-refractivity contribution in [2.24, 2.45) is 5.73 Å². The second-order valence-electron chi connectivity index (χ2n) is 6.95. The molecule has 1 unspecified atom stereocenters. The molecule has 1 heterocycles. The van der Waals surface area contributed by atoms with Crippen LogP contribution in [0.25, 0.3) is 0 Å². The van der Waals surface area contributed by atoms with Gasteiger partial charge in [0.05, 0.1) is 12.8 Å². The Kier molecular flexibility index (Phi) is 5.32. The highest BCUT2D eigenvalue weighted by Crippen LogP contribution is 2.34. The van der Waals surface area contributed by atoms with E-state index in [-0.39, 0.29) is 18.2 Å². The molecule has 0 spiro atoms. The van der Waals surface area contributed by atoms with Crippen molar-refractivity contribution < 1.29 is 25.2 Å². The van der Waals surface area contributed by atoms with Crippen LogP contribution >= 0.6 is 0 Å². The van der Waals surface area contributed by atoms with Gasteiger partial charge in [-0.3, -0.25) is 15.0 Å². The Morgan fingerprint density at radius 1 is 1.21 bits per heavy atom. The van der Waals surface area contributed by atoms with Gasteiger partial charge in [0, 0.05) is 23.2 Å². The minimum Gasteiger partial charge on any atom is -0.481 e. The number of ether oxygens (including phenoxy) is 1. The summed E-state index contributed by atoms with van der Waals surface area (Å²) < 4.78 is 5.93. The minimum absolute atomic E-state index is 0.00932. The van der Waals surface area contributed by atoms with Crippen molar-refractivity contribution in [3.05, 3.63) is 59.2 Å². The maximum absolute atomic E-state index is 12.4. The number of anilines is 1. The van der Waals surface area contributed by atoms with E-state index in [0.29, 0.717) is 41.8 Å². The molecule has 1 aliphatic heterocycles. The number of aliphatic carboxylic acids is 1. The Bertz CT molecular complexity index is 926. The average molecular weight is 383 g/mol. The first-order valence-electron chi connectivity index (χ1n) is 8.91. The van der Waals surface area contributed by atoms with Gasteiger partial charge in [0.1, 0.15) is 11.6 Å². The van der Waals surface area contributed by atoms with Crippen LogP contribution in [0.2, 0.25) is 0 Å². The molecule has 2 aromatic rings. The third kappa shape index (κ3) is 4.47. The molecule has 1 aliphatic rings. The number of benzene rings is 2. The summed E-state index contributed by atoms with van der Waals surface area (Å²) in [5.74, 6) is -0.520. The van der Waals surface area contributed by atoms with Crippen LogP contribution in [0.15, 0.2) is 42.5 Å². The van der Waals surface area contributed by atoms with E-state index in [2.05, 4.69) is 11.1 Å². The van der Waals surface area contributed by atoms with E-state index < -0.39 is 11.7 Å². The van der Waals surface area contributed by atoms with E-state index in [1.165, 1.54) is 0 Å². The molecule has 0 saturated carbocycles. The molecular formula is C20H23N4O4+. The number of fused-ring (bicyclic) bond motifs is 1. The molecule has 146 valence electrons. The molecule has 0 bridgehead atoms. The summed E-state index contributed by atoms with van der Waals surface area (Å²) in [6.07, 6.45) is 1.65. The fourth-order valence-electron chi connectivity index (χ4n) is 3.11. The van der Waals surface area contributed by atoms with E-state index in [9.17, 15) is 9.59 Å². The third-order valence-corrected chi connectivity index (χ3v) is 4.75. The van der Waals surface area contributed by atoms with Crippen LogP contribution in [-0.2, 0) is 11.2 Å². The SMILES string of the molecule is N=C(N)c1ccc(C(=O)Nc2ccc3c(c2)CCC([NH3+])(CCC(=O)O)O3)cc1. The van der Waals surface area contributed by atoms with Crippen LogP contribution in [0.3, 0.4) is 0 Å². The van der Waals surface area contributed by atoms with Crippen LogP contribution in [0.1, 0.15) is 40.7 Å². The quantitative estimate of drug-likeness (QED) is 0.376. The molecule has 0 fully saturated rings. The van der Waals surface area contributed by atoms with Crippen LogP contribution in [0.4, 0.5) is 5.69 Å². The zero-order chi connectivity index (χ0) is 20.3. The number of nitrogen functional groups attached to an aromatic ring is 1. The predicted octanol–water partition coefficient (Wildman–Crippen LogP) is 1.35. The number of carboxylic acids is 1. The zero-order valence-electron chi connectivity index (χ0n) is 15.3. The lowest BCUT2D eigenvalue weighted by atomic mass is 9.94. The van der Waals surface area contributed by atoms with Crippen molar-refractivity contribution in [1.82, 2.24) is 0 Å². The molecule has 1 amide bonds. The molecule has 28 heavy (non-hydrogen) atoms. The Morgan fingerprint density at radius 2 is 1.89 bits per heavy atom. The first-order chi connectivity index (χ1) is 13.3. The number of carbonyl (C=O) groups excluding carboxylic acids is 1. The lowest BCUT2D eigenvalue weighted by Crippen LogP contribution is -2.76. The van der Waals surface area contributed by atoms with Gasteiger partial charge in [-0.15, -0.1) is 0 Å².